The number of nitrogens with one attached hydrogen (secondary N) is 1. The summed E-state index contributed by atoms with van der Waals surface area (Å²) < 4.78 is 11.4. The van der Waals surface area contributed by atoms with Gasteiger partial charge < -0.3 is 19.7 Å². The number of nitrogens with zero attached hydrogens (tertiary/aromatic N) is 1. The highest BCUT2D eigenvalue weighted by Gasteiger charge is 2.40. The minimum atomic E-state index is -0.439. The average Bonchev–Trinajstić information content (AvgIpc) is 2.96. The van der Waals surface area contributed by atoms with Crippen LogP contribution in [0.5, 0.6) is 0 Å². The van der Waals surface area contributed by atoms with Crippen molar-refractivity contribution in [2.45, 2.75) is 44.8 Å². The number of urea groups is 1. The number of anilines is 1. The second-order valence-electron chi connectivity index (χ2n) is 7.35. The van der Waals surface area contributed by atoms with Gasteiger partial charge in [0.05, 0.1) is 13.2 Å². The van der Waals surface area contributed by atoms with E-state index >= 15 is 0 Å². The molecule has 1 aromatic carbocycles. The fourth-order valence-corrected chi connectivity index (χ4v) is 3.09. The van der Waals surface area contributed by atoms with E-state index in [1.165, 1.54) is 5.56 Å². The number of likely N-dealkylation sites (tertiary alicyclic amines) is 1. The molecule has 2 aliphatic heterocycles. The van der Waals surface area contributed by atoms with Crippen LogP contribution in [-0.4, -0.2) is 43.0 Å². The number of rotatable bonds is 1. The van der Waals surface area contributed by atoms with Crippen LogP contribution in [0.15, 0.2) is 24.3 Å². The molecule has 0 aliphatic carbocycles. The summed E-state index contributed by atoms with van der Waals surface area (Å²) in [6, 6.07) is 8.02. The van der Waals surface area contributed by atoms with E-state index in [-0.39, 0.29) is 11.4 Å². The minimum Gasteiger partial charge on any atom is -0.347 e. The standard InChI is InChI=1S/C18H26N2O3/c1-17(2,3)14-4-6-15(7-5-14)19-16(21)20-10-8-18(9-11-20)22-12-13-23-18/h4-7H,8-13H2,1-3H3,(H,19,21). The highest BCUT2D eigenvalue weighted by Crippen LogP contribution is 2.31. The van der Waals surface area contributed by atoms with Crippen LogP contribution in [0, 0.1) is 0 Å². The van der Waals surface area contributed by atoms with Crippen molar-refractivity contribution in [3.05, 3.63) is 29.8 Å². The summed E-state index contributed by atoms with van der Waals surface area (Å²) in [4.78, 5) is 14.2. The zero-order valence-corrected chi connectivity index (χ0v) is 14.2. The zero-order valence-electron chi connectivity index (χ0n) is 14.2. The second-order valence-corrected chi connectivity index (χ2v) is 7.35. The molecule has 0 saturated carbocycles. The zero-order chi connectivity index (χ0) is 16.5. The highest BCUT2D eigenvalue weighted by molar-refractivity contribution is 5.89. The van der Waals surface area contributed by atoms with Gasteiger partial charge >= 0.3 is 6.03 Å². The van der Waals surface area contributed by atoms with Crippen molar-refractivity contribution in [1.29, 1.82) is 0 Å². The Bertz CT molecular complexity index is 547. The summed E-state index contributed by atoms with van der Waals surface area (Å²) in [5, 5.41) is 2.97. The van der Waals surface area contributed by atoms with Crippen LogP contribution in [0.4, 0.5) is 10.5 Å². The number of hydrogen-bond acceptors (Lipinski definition) is 3. The molecule has 0 bridgehead atoms. The van der Waals surface area contributed by atoms with Crippen molar-refractivity contribution < 1.29 is 14.3 Å². The Morgan fingerprint density at radius 1 is 1.09 bits per heavy atom. The van der Waals surface area contributed by atoms with Gasteiger partial charge in [0.2, 0.25) is 0 Å². The molecule has 126 valence electrons. The third-order valence-electron chi connectivity index (χ3n) is 4.63. The van der Waals surface area contributed by atoms with Gasteiger partial charge in [-0.25, -0.2) is 4.79 Å². The number of ether oxygens (including phenoxy) is 2. The quantitative estimate of drug-likeness (QED) is 0.864. The number of carbonyl (C=O) groups is 1. The fourth-order valence-electron chi connectivity index (χ4n) is 3.09. The molecule has 5 nitrogen and oxygen atoms in total. The maximum atomic E-state index is 12.4. The van der Waals surface area contributed by atoms with Crippen LogP contribution in [-0.2, 0) is 14.9 Å². The van der Waals surface area contributed by atoms with Crippen LogP contribution in [0.1, 0.15) is 39.2 Å². The first-order valence-corrected chi connectivity index (χ1v) is 8.32. The third kappa shape index (κ3) is 3.67. The van der Waals surface area contributed by atoms with Gasteiger partial charge in [-0.2, -0.15) is 0 Å². The Kier molecular flexibility index (Phi) is 4.34. The number of hydrogen-bond donors (Lipinski definition) is 1. The SMILES string of the molecule is CC(C)(C)c1ccc(NC(=O)N2CCC3(CC2)OCCO3)cc1. The average molecular weight is 318 g/mol. The van der Waals surface area contributed by atoms with E-state index in [2.05, 4.69) is 38.2 Å². The summed E-state index contributed by atoms with van der Waals surface area (Å²) in [6.07, 6.45) is 1.48. The number of piperidine rings is 1. The van der Waals surface area contributed by atoms with Crippen molar-refractivity contribution >= 4 is 11.7 Å². The molecule has 23 heavy (non-hydrogen) atoms. The highest BCUT2D eigenvalue weighted by atomic mass is 16.7. The molecule has 0 aromatic heterocycles. The monoisotopic (exact) mass is 318 g/mol. The molecule has 1 spiro atoms. The second kappa shape index (κ2) is 6.13. The molecule has 0 atom stereocenters. The normalized spacial score (nSPS) is 20.7. The van der Waals surface area contributed by atoms with Gasteiger partial charge in [0.25, 0.3) is 0 Å². The summed E-state index contributed by atoms with van der Waals surface area (Å²) in [5.74, 6) is -0.439. The molecule has 2 amide bonds. The Labute approximate surface area is 137 Å². The lowest BCUT2D eigenvalue weighted by Gasteiger charge is -2.37. The maximum Gasteiger partial charge on any atom is 0.321 e. The molecule has 2 heterocycles. The van der Waals surface area contributed by atoms with Crippen LogP contribution < -0.4 is 5.32 Å². The molecule has 1 N–H and O–H groups in total. The lowest BCUT2D eigenvalue weighted by Crippen LogP contribution is -2.48. The lowest BCUT2D eigenvalue weighted by molar-refractivity contribution is -0.181. The predicted octanol–water partition coefficient (Wildman–Crippen LogP) is 3.35. The van der Waals surface area contributed by atoms with Gasteiger partial charge in [-0.3, -0.25) is 0 Å². The van der Waals surface area contributed by atoms with Crippen molar-refractivity contribution in [2.75, 3.05) is 31.6 Å². The molecule has 1 aromatic rings. The smallest absolute Gasteiger partial charge is 0.321 e. The Morgan fingerprint density at radius 2 is 1.65 bits per heavy atom. The Morgan fingerprint density at radius 3 is 2.17 bits per heavy atom. The summed E-state index contributed by atoms with van der Waals surface area (Å²) in [7, 11) is 0. The van der Waals surface area contributed by atoms with Gasteiger partial charge in [0.1, 0.15) is 0 Å². The predicted molar refractivity (Wildman–Crippen MR) is 89.6 cm³/mol. The summed E-state index contributed by atoms with van der Waals surface area (Å²) in [5.41, 5.74) is 2.20. The van der Waals surface area contributed by atoms with E-state index in [9.17, 15) is 4.79 Å². The van der Waals surface area contributed by atoms with E-state index in [1.54, 1.807) is 0 Å². The molecule has 3 rings (SSSR count). The first kappa shape index (κ1) is 16.3. The van der Waals surface area contributed by atoms with E-state index in [0.29, 0.717) is 26.3 Å². The largest absolute Gasteiger partial charge is 0.347 e. The molecular weight excluding hydrogens is 292 g/mol. The molecule has 2 fully saturated rings. The number of amides is 2. The van der Waals surface area contributed by atoms with E-state index in [4.69, 9.17) is 9.47 Å². The molecular formula is C18H26N2O3. The van der Waals surface area contributed by atoms with E-state index < -0.39 is 5.79 Å². The molecule has 5 heteroatoms. The van der Waals surface area contributed by atoms with Crippen molar-refractivity contribution in [2.24, 2.45) is 0 Å². The van der Waals surface area contributed by atoms with Gasteiger partial charge in [-0.1, -0.05) is 32.9 Å². The molecule has 0 radical (unpaired) electrons. The van der Waals surface area contributed by atoms with E-state index in [1.807, 2.05) is 17.0 Å². The Balaban J connectivity index is 1.55. The minimum absolute atomic E-state index is 0.0543. The van der Waals surface area contributed by atoms with Crippen LogP contribution >= 0.6 is 0 Å². The summed E-state index contributed by atoms with van der Waals surface area (Å²) >= 11 is 0. The first-order chi connectivity index (χ1) is 10.9. The molecule has 0 unspecified atom stereocenters. The topological polar surface area (TPSA) is 50.8 Å². The fraction of sp³-hybridized carbons (Fsp3) is 0.611. The first-order valence-electron chi connectivity index (χ1n) is 8.32. The number of benzene rings is 1. The third-order valence-corrected chi connectivity index (χ3v) is 4.63. The van der Waals surface area contributed by atoms with Crippen LogP contribution in [0.25, 0.3) is 0 Å². The molecule has 2 aliphatic rings. The van der Waals surface area contributed by atoms with Crippen molar-refractivity contribution in [3.63, 3.8) is 0 Å². The van der Waals surface area contributed by atoms with Gasteiger partial charge in [-0.05, 0) is 23.1 Å². The van der Waals surface area contributed by atoms with Gasteiger partial charge in [0.15, 0.2) is 5.79 Å². The maximum absolute atomic E-state index is 12.4. The molecule has 2 saturated heterocycles. The van der Waals surface area contributed by atoms with E-state index in [0.717, 1.165) is 18.5 Å². The van der Waals surface area contributed by atoms with Gasteiger partial charge in [-0.15, -0.1) is 0 Å². The van der Waals surface area contributed by atoms with Gasteiger partial charge in [0, 0.05) is 31.6 Å². The van der Waals surface area contributed by atoms with Crippen LogP contribution in [0.2, 0.25) is 0 Å². The van der Waals surface area contributed by atoms with Crippen molar-refractivity contribution in [3.8, 4) is 0 Å². The van der Waals surface area contributed by atoms with Crippen molar-refractivity contribution in [1.82, 2.24) is 4.90 Å². The summed E-state index contributed by atoms with van der Waals surface area (Å²) in [6.45, 7) is 9.17. The lowest BCUT2D eigenvalue weighted by atomic mass is 9.87. The number of carbonyl (C=O) groups excluding carboxylic acids is 1. The van der Waals surface area contributed by atoms with Crippen LogP contribution in [0.3, 0.4) is 0 Å². The Hall–Kier alpha value is -1.59.